The monoisotopic (exact) mass is 294 g/mol. The van der Waals surface area contributed by atoms with E-state index >= 15 is 0 Å². The highest BCUT2D eigenvalue weighted by Crippen LogP contribution is 2.45. The maximum Gasteiger partial charge on any atom is 0.211 e. The average Bonchev–Trinajstić information content (AvgIpc) is 2.77. The van der Waals surface area contributed by atoms with Gasteiger partial charge in [-0.25, -0.2) is 12.7 Å². The van der Waals surface area contributed by atoms with Crippen molar-refractivity contribution in [2.45, 2.75) is 24.3 Å². The van der Waals surface area contributed by atoms with Crippen LogP contribution in [0.25, 0.3) is 0 Å². The molecule has 0 amide bonds. The topological polar surface area (TPSA) is 40.6 Å². The van der Waals surface area contributed by atoms with E-state index < -0.39 is 10.0 Å². The Labute approximate surface area is 121 Å². The third kappa shape index (κ3) is 2.18. The van der Waals surface area contributed by atoms with Crippen LogP contribution < -0.4 is 0 Å². The normalized spacial score (nSPS) is 32.2. The zero-order valence-electron chi connectivity index (χ0n) is 12.1. The first-order valence-electron chi connectivity index (χ1n) is 7.14. The van der Waals surface area contributed by atoms with Crippen molar-refractivity contribution in [3.8, 4) is 0 Å². The minimum atomic E-state index is -3.09. The molecule has 0 spiro atoms. The first kappa shape index (κ1) is 14.0. The molecule has 5 heteroatoms. The second-order valence-electron chi connectivity index (χ2n) is 6.14. The van der Waals surface area contributed by atoms with Crippen molar-refractivity contribution < 1.29 is 8.42 Å². The average molecular weight is 294 g/mol. The predicted octanol–water partition coefficient (Wildman–Crippen LogP) is 1.29. The molecule has 20 heavy (non-hydrogen) atoms. The van der Waals surface area contributed by atoms with Crippen LogP contribution in [0.5, 0.6) is 0 Å². The Bertz CT molecular complexity index is 587. The highest BCUT2D eigenvalue weighted by Gasteiger charge is 2.51. The second kappa shape index (κ2) is 4.83. The van der Waals surface area contributed by atoms with Crippen LogP contribution in [-0.4, -0.2) is 56.6 Å². The van der Waals surface area contributed by atoms with Gasteiger partial charge in [0.25, 0.3) is 0 Å². The first-order valence-corrected chi connectivity index (χ1v) is 8.99. The van der Waals surface area contributed by atoms with E-state index in [0.29, 0.717) is 13.1 Å². The number of fused-ring (bicyclic) bond motifs is 1. The summed E-state index contributed by atoms with van der Waals surface area (Å²) >= 11 is 0. The molecule has 1 aromatic rings. The molecule has 2 saturated heterocycles. The van der Waals surface area contributed by atoms with Crippen LogP contribution in [0, 0.1) is 0 Å². The van der Waals surface area contributed by atoms with Crippen LogP contribution in [0.15, 0.2) is 30.3 Å². The summed E-state index contributed by atoms with van der Waals surface area (Å²) in [5.74, 6) is 0. The second-order valence-corrected chi connectivity index (χ2v) is 8.12. The largest absolute Gasteiger partial charge is 0.301 e. The van der Waals surface area contributed by atoms with Gasteiger partial charge in [0.15, 0.2) is 0 Å². The summed E-state index contributed by atoms with van der Waals surface area (Å²) in [6.07, 6.45) is 3.35. The molecule has 4 nitrogen and oxygen atoms in total. The van der Waals surface area contributed by atoms with Gasteiger partial charge < -0.3 is 4.90 Å². The maximum atomic E-state index is 11.8. The van der Waals surface area contributed by atoms with Gasteiger partial charge in [0.1, 0.15) is 0 Å². The number of hydrogen-bond acceptors (Lipinski definition) is 3. The summed E-state index contributed by atoms with van der Waals surface area (Å²) < 4.78 is 25.3. The highest BCUT2D eigenvalue weighted by molar-refractivity contribution is 7.88. The molecule has 0 saturated carbocycles. The standard InChI is InChI=1S/C15H22N2O2S/c1-16-10-8-15(13-6-4-3-5-7-13)9-11-17(12-14(15)16)20(2,18)19/h3-7,14H,8-12H2,1-2H3/t14-,15+/m1/s1. The molecule has 0 N–H and O–H groups in total. The summed E-state index contributed by atoms with van der Waals surface area (Å²) in [7, 11) is -0.978. The van der Waals surface area contributed by atoms with E-state index in [1.54, 1.807) is 4.31 Å². The van der Waals surface area contributed by atoms with Gasteiger partial charge in [-0.05, 0) is 32.0 Å². The maximum absolute atomic E-state index is 11.8. The number of piperidine rings is 1. The number of rotatable bonds is 2. The van der Waals surface area contributed by atoms with Crippen LogP contribution in [0.2, 0.25) is 0 Å². The Morgan fingerprint density at radius 3 is 2.45 bits per heavy atom. The molecule has 2 fully saturated rings. The van der Waals surface area contributed by atoms with Gasteiger partial charge in [-0.3, -0.25) is 0 Å². The molecule has 0 bridgehead atoms. The Morgan fingerprint density at radius 2 is 1.80 bits per heavy atom. The van der Waals surface area contributed by atoms with Gasteiger partial charge in [0, 0.05) is 24.5 Å². The summed E-state index contributed by atoms with van der Waals surface area (Å²) in [4.78, 5) is 2.32. The molecule has 0 aliphatic carbocycles. The molecule has 1 aromatic carbocycles. The van der Waals surface area contributed by atoms with Crippen LogP contribution in [0.3, 0.4) is 0 Å². The molecule has 0 unspecified atom stereocenters. The summed E-state index contributed by atoms with van der Waals surface area (Å²) in [6, 6.07) is 10.9. The number of sulfonamides is 1. The molecule has 2 aliphatic heterocycles. The van der Waals surface area contributed by atoms with E-state index in [4.69, 9.17) is 0 Å². The third-order valence-electron chi connectivity index (χ3n) is 5.08. The zero-order chi connectivity index (χ0) is 14.4. The third-order valence-corrected chi connectivity index (χ3v) is 6.35. The van der Waals surface area contributed by atoms with Crippen molar-refractivity contribution in [2.75, 3.05) is 32.9 Å². The van der Waals surface area contributed by atoms with Crippen molar-refractivity contribution in [1.82, 2.24) is 9.21 Å². The minimum absolute atomic E-state index is 0.122. The van der Waals surface area contributed by atoms with Crippen molar-refractivity contribution in [2.24, 2.45) is 0 Å². The summed E-state index contributed by atoms with van der Waals surface area (Å²) in [6.45, 7) is 2.29. The molecule has 0 aromatic heterocycles. The number of benzene rings is 1. The van der Waals surface area contributed by atoms with E-state index in [-0.39, 0.29) is 11.5 Å². The van der Waals surface area contributed by atoms with Gasteiger partial charge in [-0.15, -0.1) is 0 Å². The van der Waals surface area contributed by atoms with Crippen molar-refractivity contribution in [3.05, 3.63) is 35.9 Å². The van der Waals surface area contributed by atoms with E-state index in [2.05, 4.69) is 36.2 Å². The molecule has 3 rings (SSSR count). The van der Waals surface area contributed by atoms with Crippen LogP contribution in [0.1, 0.15) is 18.4 Å². The Morgan fingerprint density at radius 1 is 1.15 bits per heavy atom. The summed E-state index contributed by atoms with van der Waals surface area (Å²) in [5, 5.41) is 0. The van der Waals surface area contributed by atoms with Crippen LogP contribution >= 0.6 is 0 Å². The van der Waals surface area contributed by atoms with Crippen molar-refractivity contribution in [1.29, 1.82) is 0 Å². The smallest absolute Gasteiger partial charge is 0.211 e. The molecular weight excluding hydrogens is 272 g/mol. The lowest BCUT2D eigenvalue weighted by atomic mass is 9.70. The van der Waals surface area contributed by atoms with Crippen molar-refractivity contribution >= 4 is 10.0 Å². The fourth-order valence-electron chi connectivity index (χ4n) is 3.89. The van der Waals surface area contributed by atoms with Gasteiger partial charge in [-0.2, -0.15) is 0 Å². The molecule has 110 valence electrons. The number of likely N-dealkylation sites (tertiary alicyclic amines) is 1. The van der Waals surface area contributed by atoms with E-state index in [0.717, 1.165) is 19.4 Å². The van der Waals surface area contributed by atoms with Gasteiger partial charge >= 0.3 is 0 Å². The van der Waals surface area contributed by atoms with Gasteiger partial charge in [0.2, 0.25) is 10.0 Å². The lowest BCUT2D eigenvalue weighted by molar-refractivity contribution is 0.147. The SMILES string of the molecule is CN1CC[C@@]2(c3ccccc3)CCN(S(C)(=O)=O)C[C@@H]12. The quantitative estimate of drug-likeness (QED) is 0.825. The highest BCUT2D eigenvalue weighted by atomic mass is 32.2. The van der Waals surface area contributed by atoms with Crippen LogP contribution in [0.4, 0.5) is 0 Å². The molecule has 2 aliphatic rings. The number of likely N-dealkylation sites (N-methyl/N-ethyl adjacent to an activating group) is 1. The van der Waals surface area contributed by atoms with Gasteiger partial charge in [0.05, 0.1) is 6.26 Å². The zero-order valence-corrected chi connectivity index (χ0v) is 12.9. The molecule has 0 radical (unpaired) electrons. The Hall–Kier alpha value is -0.910. The predicted molar refractivity (Wildman–Crippen MR) is 80.2 cm³/mol. The minimum Gasteiger partial charge on any atom is -0.301 e. The fourth-order valence-corrected chi connectivity index (χ4v) is 4.72. The molecular formula is C15H22N2O2S. The first-order chi connectivity index (χ1) is 9.43. The molecule has 2 atom stereocenters. The fraction of sp³-hybridized carbons (Fsp3) is 0.600. The van der Waals surface area contributed by atoms with E-state index in [1.165, 1.54) is 11.8 Å². The molecule has 2 heterocycles. The Kier molecular flexibility index (Phi) is 3.39. The van der Waals surface area contributed by atoms with E-state index in [9.17, 15) is 8.42 Å². The Balaban J connectivity index is 1.97. The van der Waals surface area contributed by atoms with Crippen LogP contribution in [-0.2, 0) is 15.4 Å². The van der Waals surface area contributed by atoms with Gasteiger partial charge in [-0.1, -0.05) is 30.3 Å². The van der Waals surface area contributed by atoms with Crippen molar-refractivity contribution in [3.63, 3.8) is 0 Å². The lowest BCUT2D eigenvalue weighted by Gasteiger charge is -2.45. The lowest BCUT2D eigenvalue weighted by Crippen LogP contribution is -2.55. The number of nitrogens with zero attached hydrogens (tertiary/aromatic N) is 2. The van der Waals surface area contributed by atoms with E-state index in [1.807, 2.05) is 6.07 Å². The summed E-state index contributed by atoms with van der Waals surface area (Å²) in [5.41, 5.74) is 1.49. The number of hydrogen-bond donors (Lipinski definition) is 0.